The van der Waals surface area contributed by atoms with E-state index in [-0.39, 0.29) is 29.4 Å². The Balaban J connectivity index is 2.06. The highest BCUT2D eigenvalue weighted by molar-refractivity contribution is 7.86. The molecule has 0 aliphatic carbocycles. The fourth-order valence-electron chi connectivity index (χ4n) is 3.24. The van der Waals surface area contributed by atoms with Crippen LogP contribution in [0.2, 0.25) is 0 Å². The van der Waals surface area contributed by atoms with Gasteiger partial charge < -0.3 is 14.4 Å². The summed E-state index contributed by atoms with van der Waals surface area (Å²) in [7, 11) is -3.86. The lowest BCUT2D eigenvalue weighted by Gasteiger charge is -2.37. The molecule has 8 heteroatoms. The van der Waals surface area contributed by atoms with Crippen molar-refractivity contribution in [2.75, 3.05) is 26.3 Å². The van der Waals surface area contributed by atoms with Gasteiger partial charge in [-0.05, 0) is 52.7 Å². The SMILES string of the molecule is Cc1ccc(S(=O)(=O)OCC2C(C)CN(C(=O)OC(C)(C)C)CCOC2C)cc1. The molecule has 2 rings (SSSR count). The molecule has 1 aromatic carbocycles. The molecule has 0 saturated carbocycles. The van der Waals surface area contributed by atoms with Gasteiger partial charge in [-0.15, -0.1) is 0 Å². The maximum absolute atomic E-state index is 12.5. The fraction of sp³-hybridized carbons (Fsp3) is 0.667. The van der Waals surface area contributed by atoms with Gasteiger partial charge in [0.2, 0.25) is 0 Å². The Bertz CT molecular complexity index is 784. The summed E-state index contributed by atoms with van der Waals surface area (Å²) >= 11 is 0. The number of hydrogen-bond donors (Lipinski definition) is 0. The van der Waals surface area contributed by atoms with Gasteiger partial charge >= 0.3 is 6.09 Å². The first-order valence-electron chi connectivity index (χ1n) is 9.94. The average Bonchev–Trinajstić information content (AvgIpc) is 2.58. The number of aryl methyl sites for hydroxylation is 1. The number of amides is 1. The summed E-state index contributed by atoms with van der Waals surface area (Å²) in [6, 6.07) is 6.55. The van der Waals surface area contributed by atoms with E-state index in [0.717, 1.165) is 5.56 Å². The van der Waals surface area contributed by atoms with Crippen molar-refractivity contribution in [2.24, 2.45) is 11.8 Å². The topological polar surface area (TPSA) is 82.1 Å². The summed E-state index contributed by atoms with van der Waals surface area (Å²) in [5, 5.41) is 0. The Labute approximate surface area is 174 Å². The van der Waals surface area contributed by atoms with Gasteiger partial charge in [0.05, 0.1) is 24.2 Å². The predicted octanol–water partition coefficient (Wildman–Crippen LogP) is 3.61. The van der Waals surface area contributed by atoms with E-state index in [9.17, 15) is 13.2 Å². The summed E-state index contributed by atoms with van der Waals surface area (Å²) in [5.74, 6) is -0.230. The summed E-state index contributed by atoms with van der Waals surface area (Å²) in [5.41, 5.74) is 0.392. The minimum absolute atomic E-state index is 0.0132. The molecule has 29 heavy (non-hydrogen) atoms. The van der Waals surface area contributed by atoms with Crippen LogP contribution in [0, 0.1) is 18.8 Å². The maximum atomic E-state index is 12.5. The first-order chi connectivity index (χ1) is 13.4. The van der Waals surface area contributed by atoms with Crippen LogP contribution in [0.4, 0.5) is 4.79 Å². The molecule has 0 N–H and O–H groups in total. The van der Waals surface area contributed by atoms with Crippen LogP contribution in [0.5, 0.6) is 0 Å². The van der Waals surface area contributed by atoms with Crippen LogP contribution in [-0.2, 0) is 23.8 Å². The number of carbonyl (C=O) groups is 1. The number of ether oxygens (including phenoxy) is 2. The van der Waals surface area contributed by atoms with Crippen LogP contribution in [0.3, 0.4) is 0 Å². The van der Waals surface area contributed by atoms with Gasteiger partial charge in [0.1, 0.15) is 5.60 Å². The third-order valence-electron chi connectivity index (χ3n) is 4.96. The van der Waals surface area contributed by atoms with E-state index in [1.807, 2.05) is 41.5 Å². The Kier molecular flexibility index (Phi) is 7.70. The molecule has 7 nitrogen and oxygen atoms in total. The number of rotatable bonds is 4. The molecule has 1 fully saturated rings. The van der Waals surface area contributed by atoms with E-state index in [2.05, 4.69) is 0 Å². The Hall–Kier alpha value is -1.64. The molecule has 0 radical (unpaired) electrons. The molecule has 1 heterocycles. The number of nitrogens with zero attached hydrogens (tertiary/aromatic N) is 1. The number of carbonyl (C=O) groups excluding carboxylic acids is 1. The van der Waals surface area contributed by atoms with E-state index in [1.165, 1.54) is 12.1 Å². The first kappa shape index (κ1) is 23.6. The van der Waals surface area contributed by atoms with Gasteiger partial charge in [0.15, 0.2) is 0 Å². The highest BCUT2D eigenvalue weighted by Gasteiger charge is 2.33. The second-order valence-corrected chi connectivity index (χ2v) is 10.3. The van der Waals surface area contributed by atoms with Crippen LogP contribution in [0.1, 0.15) is 40.2 Å². The second kappa shape index (κ2) is 9.45. The molecule has 1 aromatic rings. The van der Waals surface area contributed by atoms with E-state index < -0.39 is 21.8 Å². The molecule has 0 aromatic heterocycles. The zero-order valence-corrected chi connectivity index (χ0v) is 19.0. The monoisotopic (exact) mass is 427 g/mol. The Morgan fingerprint density at radius 2 is 1.83 bits per heavy atom. The van der Waals surface area contributed by atoms with Crippen molar-refractivity contribution in [2.45, 2.75) is 58.1 Å². The van der Waals surface area contributed by atoms with Crippen molar-refractivity contribution in [1.29, 1.82) is 0 Å². The van der Waals surface area contributed by atoms with Crippen molar-refractivity contribution in [3.63, 3.8) is 0 Å². The Morgan fingerprint density at radius 3 is 2.41 bits per heavy atom. The molecular formula is C21H33NO6S. The predicted molar refractivity (Wildman–Crippen MR) is 110 cm³/mol. The molecule has 1 amide bonds. The summed E-state index contributed by atoms with van der Waals surface area (Å²) < 4.78 is 41.7. The van der Waals surface area contributed by atoms with E-state index in [0.29, 0.717) is 19.7 Å². The summed E-state index contributed by atoms with van der Waals surface area (Å²) in [4.78, 5) is 14.2. The van der Waals surface area contributed by atoms with Crippen molar-refractivity contribution < 1.29 is 26.9 Å². The highest BCUT2D eigenvalue weighted by Crippen LogP contribution is 2.25. The van der Waals surface area contributed by atoms with Gasteiger partial charge in [-0.1, -0.05) is 24.6 Å². The van der Waals surface area contributed by atoms with Crippen molar-refractivity contribution >= 4 is 16.2 Å². The molecule has 3 atom stereocenters. The molecule has 164 valence electrons. The molecule has 1 saturated heterocycles. The highest BCUT2D eigenvalue weighted by atomic mass is 32.2. The zero-order valence-electron chi connectivity index (χ0n) is 18.2. The lowest BCUT2D eigenvalue weighted by molar-refractivity contribution is -0.0485. The van der Waals surface area contributed by atoms with Crippen molar-refractivity contribution in [1.82, 2.24) is 4.90 Å². The third-order valence-corrected chi connectivity index (χ3v) is 6.26. The van der Waals surface area contributed by atoms with E-state index in [4.69, 9.17) is 13.7 Å². The number of benzene rings is 1. The maximum Gasteiger partial charge on any atom is 0.410 e. The van der Waals surface area contributed by atoms with Crippen LogP contribution in [0.15, 0.2) is 29.2 Å². The molecule has 0 spiro atoms. The second-order valence-electron chi connectivity index (χ2n) is 8.70. The lowest BCUT2D eigenvalue weighted by Crippen LogP contribution is -2.47. The minimum Gasteiger partial charge on any atom is -0.444 e. The van der Waals surface area contributed by atoms with E-state index in [1.54, 1.807) is 17.0 Å². The van der Waals surface area contributed by atoms with Gasteiger partial charge in [-0.3, -0.25) is 4.18 Å². The average molecular weight is 428 g/mol. The van der Waals surface area contributed by atoms with Gasteiger partial charge in [0, 0.05) is 19.0 Å². The molecule has 1 aliphatic rings. The molecular weight excluding hydrogens is 394 g/mol. The van der Waals surface area contributed by atoms with Crippen LogP contribution < -0.4 is 0 Å². The molecule has 1 aliphatic heterocycles. The summed E-state index contributed by atoms with van der Waals surface area (Å²) in [6.07, 6.45) is -0.589. The molecule has 3 unspecified atom stereocenters. The van der Waals surface area contributed by atoms with E-state index >= 15 is 0 Å². The third kappa shape index (κ3) is 6.97. The number of hydrogen-bond acceptors (Lipinski definition) is 6. The summed E-state index contributed by atoms with van der Waals surface area (Å²) in [6.45, 7) is 12.5. The van der Waals surface area contributed by atoms with Crippen molar-refractivity contribution in [3.8, 4) is 0 Å². The van der Waals surface area contributed by atoms with Crippen molar-refractivity contribution in [3.05, 3.63) is 29.8 Å². The van der Waals surface area contributed by atoms with Gasteiger partial charge in [0.25, 0.3) is 10.1 Å². The Morgan fingerprint density at radius 1 is 1.21 bits per heavy atom. The standard InChI is InChI=1S/C21H33NO6S/c1-15-7-9-18(10-8-15)29(24,25)27-14-19-16(2)13-22(11-12-26-17(19)3)20(23)28-21(4,5)6/h7-10,16-17,19H,11-14H2,1-6H3. The smallest absolute Gasteiger partial charge is 0.410 e. The van der Waals surface area contributed by atoms with Crippen LogP contribution >= 0.6 is 0 Å². The van der Waals surface area contributed by atoms with Crippen LogP contribution in [-0.4, -0.2) is 57.4 Å². The largest absolute Gasteiger partial charge is 0.444 e. The van der Waals surface area contributed by atoms with Crippen LogP contribution in [0.25, 0.3) is 0 Å². The first-order valence-corrected chi connectivity index (χ1v) is 11.4. The normalized spacial score (nSPS) is 23.9. The van der Waals surface area contributed by atoms with Gasteiger partial charge in [-0.25, -0.2) is 4.79 Å². The van der Waals surface area contributed by atoms with Gasteiger partial charge in [-0.2, -0.15) is 8.42 Å². The zero-order chi connectivity index (χ0) is 21.8. The fourth-order valence-corrected chi connectivity index (χ4v) is 4.18. The quantitative estimate of drug-likeness (QED) is 0.683. The molecule has 0 bridgehead atoms. The lowest BCUT2D eigenvalue weighted by atomic mass is 9.89. The minimum atomic E-state index is -3.86.